The van der Waals surface area contributed by atoms with Gasteiger partial charge < -0.3 is 9.84 Å². The lowest BCUT2D eigenvalue weighted by Crippen LogP contribution is -2.27. The van der Waals surface area contributed by atoms with E-state index in [-0.39, 0.29) is 12.4 Å². The Labute approximate surface area is 149 Å². The Morgan fingerprint density at radius 2 is 2.16 bits per heavy atom. The van der Waals surface area contributed by atoms with Crippen molar-refractivity contribution in [1.29, 1.82) is 0 Å². The van der Waals surface area contributed by atoms with E-state index in [1.54, 1.807) is 17.4 Å². The molecule has 2 aromatic carbocycles. The van der Waals surface area contributed by atoms with Gasteiger partial charge in [-0.25, -0.2) is 4.98 Å². The third-order valence-corrected chi connectivity index (χ3v) is 5.43. The number of alkyl halides is 1. The van der Waals surface area contributed by atoms with Crippen LogP contribution < -0.4 is 4.74 Å². The summed E-state index contributed by atoms with van der Waals surface area (Å²) >= 11 is 1.60. The van der Waals surface area contributed by atoms with Crippen molar-refractivity contribution in [2.75, 3.05) is 26.4 Å². The summed E-state index contributed by atoms with van der Waals surface area (Å²) in [6.45, 7) is 2.23. The summed E-state index contributed by atoms with van der Waals surface area (Å²) in [5, 5.41) is 11.3. The van der Waals surface area contributed by atoms with Crippen LogP contribution >= 0.6 is 11.3 Å². The first-order valence-electron chi connectivity index (χ1n) is 8.37. The van der Waals surface area contributed by atoms with E-state index in [1.165, 1.54) is 0 Å². The molecule has 130 valence electrons. The Morgan fingerprint density at radius 1 is 1.28 bits per heavy atom. The molecule has 0 fully saturated rings. The third kappa shape index (κ3) is 3.32. The van der Waals surface area contributed by atoms with Gasteiger partial charge in [-0.2, -0.15) is 0 Å². The van der Waals surface area contributed by atoms with Gasteiger partial charge in [-0.05, 0) is 30.7 Å². The number of thiazole rings is 1. The molecule has 0 spiro atoms. The fraction of sp³-hybridized carbons (Fsp3) is 0.316. The van der Waals surface area contributed by atoms with Crippen LogP contribution in [0.1, 0.15) is 12.0 Å². The standard InChI is InChI=1S/C19H19FN2O2S/c20-6-3-7-22-8-9-24-18-14(12-22)10-13(11-16(18)23)19-21-15-4-1-2-5-17(15)25-19/h1-2,4-5,10-11,23H,3,6-9,12H2. The number of ether oxygens (including phenoxy) is 1. The Kier molecular flexibility index (Phi) is 4.55. The molecular weight excluding hydrogens is 339 g/mol. The van der Waals surface area contributed by atoms with E-state index in [0.717, 1.165) is 32.9 Å². The number of aromatic hydroxyl groups is 1. The molecule has 25 heavy (non-hydrogen) atoms. The molecule has 0 atom stereocenters. The number of aromatic nitrogens is 1. The highest BCUT2D eigenvalue weighted by Gasteiger charge is 2.20. The smallest absolute Gasteiger partial charge is 0.165 e. The highest BCUT2D eigenvalue weighted by atomic mass is 32.1. The van der Waals surface area contributed by atoms with Crippen LogP contribution in [0.5, 0.6) is 11.5 Å². The predicted octanol–water partition coefficient (Wildman–Crippen LogP) is 4.22. The Morgan fingerprint density at radius 3 is 3.00 bits per heavy atom. The van der Waals surface area contributed by atoms with E-state index < -0.39 is 0 Å². The van der Waals surface area contributed by atoms with Gasteiger partial charge >= 0.3 is 0 Å². The van der Waals surface area contributed by atoms with Crippen LogP contribution in [0.2, 0.25) is 0 Å². The van der Waals surface area contributed by atoms with Crippen molar-refractivity contribution in [2.24, 2.45) is 0 Å². The topological polar surface area (TPSA) is 45.6 Å². The van der Waals surface area contributed by atoms with Crippen LogP contribution in [0.15, 0.2) is 36.4 Å². The summed E-state index contributed by atoms with van der Waals surface area (Å²) in [6, 6.07) is 11.7. The zero-order chi connectivity index (χ0) is 17.2. The lowest BCUT2D eigenvalue weighted by molar-refractivity contribution is 0.216. The minimum atomic E-state index is -0.318. The maximum atomic E-state index is 12.5. The van der Waals surface area contributed by atoms with Gasteiger partial charge in [-0.1, -0.05) is 12.1 Å². The van der Waals surface area contributed by atoms with Crippen LogP contribution in [0.3, 0.4) is 0 Å². The summed E-state index contributed by atoms with van der Waals surface area (Å²) in [5.41, 5.74) is 2.76. The van der Waals surface area contributed by atoms with Crippen molar-refractivity contribution in [2.45, 2.75) is 13.0 Å². The maximum absolute atomic E-state index is 12.5. The van der Waals surface area contributed by atoms with Crippen molar-refractivity contribution in [1.82, 2.24) is 9.88 Å². The zero-order valence-corrected chi connectivity index (χ0v) is 14.6. The van der Waals surface area contributed by atoms with E-state index in [1.807, 2.05) is 30.3 Å². The number of nitrogens with zero attached hydrogens (tertiary/aromatic N) is 2. The monoisotopic (exact) mass is 358 g/mol. The average Bonchev–Trinajstić information content (AvgIpc) is 2.94. The van der Waals surface area contributed by atoms with E-state index in [9.17, 15) is 9.50 Å². The molecule has 0 saturated heterocycles. The van der Waals surface area contributed by atoms with Crippen molar-refractivity contribution in [3.63, 3.8) is 0 Å². The van der Waals surface area contributed by atoms with Crippen LogP contribution in [0, 0.1) is 0 Å². The van der Waals surface area contributed by atoms with Gasteiger partial charge in [-0.3, -0.25) is 9.29 Å². The third-order valence-electron chi connectivity index (χ3n) is 4.34. The largest absolute Gasteiger partial charge is 0.504 e. The van der Waals surface area contributed by atoms with Gasteiger partial charge in [0.1, 0.15) is 11.6 Å². The molecule has 0 amide bonds. The lowest BCUT2D eigenvalue weighted by atomic mass is 10.1. The molecule has 4 nitrogen and oxygen atoms in total. The molecule has 0 radical (unpaired) electrons. The predicted molar refractivity (Wildman–Crippen MR) is 98.1 cm³/mol. The van der Waals surface area contributed by atoms with Gasteiger partial charge in [0.15, 0.2) is 11.5 Å². The van der Waals surface area contributed by atoms with Crippen molar-refractivity contribution >= 4 is 21.6 Å². The second-order valence-electron chi connectivity index (χ2n) is 6.14. The molecule has 3 aromatic rings. The fourth-order valence-corrected chi connectivity index (χ4v) is 4.10. The molecule has 6 heteroatoms. The molecule has 0 unspecified atom stereocenters. The first-order valence-corrected chi connectivity index (χ1v) is 9.19. The first-order chi connectivity index (χ1) is 12.2. The van der Waals surface area contributed by atoms with Gasteiger partial charge in [0, 0.05) is 30.8 Å². The molecule has 1 N–H and O–H groups in total. The SMILES string of the molecule is Oc1cc(-c2nc3ccccc3s2)cc2c1OCCN(CCCF)C2. The normalized spacial score (nSPS) is 14.9. The molecule has 1 aromatic heterocycles. The second-order valence-corrected chi connectivity index (χ2v) is 7.17. The average molecular weight is 358 g/mol. The van der Waals surface area contributed by atoms with Gasteiger partial charge in [0.05, 0.1) is 16.9 Å². The molecule has 0 bridgehead atoms. The molecule has 1 aliphatic rings. The highest BCUT2D eigenvalue weighted by Crippen LogP contribution is 2.39. The van der Waals surface area contributed by atoms with Crippen molar-refractivity contribution in [3.05, 3.63) is 42.0 Å². The molecular formula is C19H19FN2O2S. The van der Waals surface area contributed by atoms with Gasteiger partial charge in [-0.15, -0.1) is 11.3 Å². The van der Waals surface area contributed by atoms with Gasteiger partial charge in [0.2, 0.25) is 0 Å². The summed E-state index contributed by atoms with van der Waals surface area (Å²) in [5.74, 6) is 0.673. The Bertz CT molecular complexity index is 863. The number of hydrogen-bond donors (Lipinski definition) is 1. The molecule has 1 aliphatic heterocycles. The molecule has 0 saturated carbocycles. The minimum absolute atomic E-state index is 0.138. The van der Waals surface area contributed by atoms with Crippen LogP contribution in [0.4, 0.5) is 4.39 Å². The van der Waals surface area contributed by atoms with Gasteiger partial charge in [0.25, 0.3) is 0 Å². The van der Waals surface area contributed by atoms with Crippen LogP contribution in [0.25, 0.3) is 20.8 Å². The minimum Gasteiger partial charge on any atom is -0.504 e. The quantitative estimate of drug-likeness (QED) is 0.758. The number of phenols is 1. The number of halogens is 1. The Balaban J connectivity index is 1.71. The molecule has 2 heterocycles. The Hall–Kier alpha value is -2.18. The number of hydrogen-bond acceptors (Lipinski definition) is 5. The summed E-state index contributed by atoms with van der Waals surface area (Å²) in [7, 11) is 0. The maximum Gasteiger partial charge on any atom is 0.165 e. The summed E-state index contributed by atoms with van der Waals surface area (Å²) in [6.07, 6.45) is 0.513. The summed E-state index contributed by atoms with van der Waals surface area (Å²) < 4.78 is 19.3. The highest BCUT2D eigenvalue weighted by molar-refractivity contribution is 7.21. The van der Waals surface area contributed by atoms with E-state index in [2.05, 4.69) is 9.88 Å². The number of para-hydroxylation sites is 1. The molecule has 0 aliphatic carbocycles. The van der Waals surface area contributed by atoms with E-state index in [0.29, 0.717) is 31.9 Å². The van der Waals surface area contributed by atoms with Crippen molar-refractivity contribution in [3.8, 4) is 22.1 Å². The fourth-order valence-electron chi connectivity index (χ4n) is 3.15. The first kappa shape index (κ1) is 16.3. The number of rotatable bonds is 4. The van der Waals surface area contributed by atoms with Crippen molar-refractivity contribution < 1.29 is 14.2 Å². The lowest BCUT2D eigenvalue weighted by Gasteiger charge is -2.18. The number of phenolic OH excluding ortho intramolecular Hbond substituents is 1. The van der Waals surface area contributed by atoms with E-state index >= 15 is 0 Å². The second kappa shape index (κ2) is 6.98. The summed E-state index contributed by atoms with van der Waals surface area (Å²) in [4.78, 5) is 6.83. The number of fused-ring (bicyclic) bond motifs is 2. The molecule has 4 rings (SSSR count). The van der Waals surface area contributed by atoms with Crippen LogP contribution in [-0.4, -0.2) is 41.4 Å². The van der Waals surface area contributed by atoms with Crippen LogP contribution in [-0.2, 0) is 6.54 Å². The van der Waals surface area contributed by atoms with E-state index in [4.69, 9.17) is 4.74 Å². The number of benzene rings is 2. The zero-order valence-electron chi connectivity index (χ0n) is 13.7.